The maximum Gasteiger partial charge on any atom is 0.183 e. The molecular weight excluding hydrogens is 204 g/mol. The molecule has 0 spiro atoms. The van der Waals surface area contributed by atoms with Gasteiger partial charge in [-0.25, -0.2) is 8.78 Å². The summed E-state index contributed by atoms with van der Waals surface area (Å²) < 4.78 is 31.6. The topological polar surface area (TPSA) is 52.3 Å². The summed E-state index contributed by atoms with van der Waals surface area (Å²) >= 11 is 0. The second-order valence-corrected chi connectivity index (χ2v) is 3.25. The molecule has 2 N–H and O–H groups in total. The van der Waals surface area contributed by atoms with Crippen LogP contribution in [0, 0.1) is 11.6 Å². The molecule has 0 aromatic heterocycles. The van der Waals surface area contributed by atoms with Crippen LogP contribution < -0.4 is 10.5 Å². The van der Waals surface area contributed by atoms with Gasteiger partial charge in [-0.1, -0.05) is 0 Å². The quantitative estimate of drug-likeness (QED) is 0.747. The maximum atomic E-state index is 13.3. The van der Waals surface area contributed by atoms with Crippen LogP contribution in [0.3, 0.4) is 0 Å². The predicted octanol–water partition coefficient (Wildman–Crippen LogP) is 1.04. The lowest BCUT2D eigenvalue weighted by molar-refractivity contribution is 0.0994. The number of fused-ring (bicyclic) bond motifs is 1. The first-order valence-corrected chi connectivity index (χ1v) is 4.52. The summed E-state index contributed by atoms with van der Waals surface area (Å²) in [6.07, 6.45) is 0.353. The van der Waals surface area contributed by atoms with Crippen LogP contribution in [0.1, 0.15) is 15.9 Å². The average Bonchev–Trinajstić information content (AvgIpc) is 2.66. The Hall–Kier alpha value is -1.49. The lowest BCUT2D eigenvalue weighted by Gasteiger charge is -2.07. The van der Waals surface area contributed by atoms with Crippen LogP contribution in [0.5, 0.6) is 5.75 Å². The molecule has 0 atom stereocenters. The number of nitrogens with two attached hydrogens (primary N) is 1. The van der Waals surface area contributed by atoms with E-state index < -0.39 is 17.4 Å². The molecule has 1 aliphatic heterocycles. The Labute approximate surface area is 84.8 Å². The van der Waals surface area contributed by atoms with Crippen molar-refractivity contribution in [1.29, 1.82) is 0 Å². The van der Waals surface area contributed by atoms with E-state index in [1.807, 2.05) is 0 Å². The normalized spacial score (nSPS) is 13.5. The molecule has 15 heavy (non-hydrogen) atoms. The first-order valence-electron chi connectivity index (χ1n) is 4.52. The molecule has 0 saturated heterocycles. The second kappa shape index (κ2) is 3.58. The number of hydrogen-bond acceptors (Lipinski definition) is 3. The fourth-order valence-corrected chi connectivity index (χ4v) is 1.65. The molecule has 1 aliphatic rings. The van der Waals surface area contributed by atoms with E-state index in [1.165, 1.54) is 0 Å². The van der Waals surface area contributed by atoms with E-state index in [9.17, 15) is 13.6 Å². The lowest BCUT2D eigenvalue weighted by Crippen LogP contribution is -2.16. The Morgan fingerprint density at radius 2 is 2.20 bits per heavy atom. The summed E-state index contributed by atoms with van der Waals surface area (Å²) in [4.78, 5) is 11.3. The molecule has 1 heterocycles. The van der Waals surface area contributed by atoms with Gasteiger partial charge in [-0.2, -0.15) is 0 Å². The second-order valence-electron chi connectivity index (χ2n) is 3.25. The molecule has 0 bridgehead atoms. The Balaban J connectivity index is 2.64. The Bertz CT molecular complexity index is 432. The monoisotopic (exact) mass is 213 g/mol. The number of hydrogen-bond donors (Lipinski definition) is 1. The van der Waals surface area contributed by atoms with E-state index in [2.05, 4.69) is 0 Å². The third-order valence-electron chi connectivity index (χ3n) is 2.34. The van der Waals surface area contributed by atoms with Gasteiger partial charge in [0.05, 0.1) is 18.7 Å². The number of ether oxygens (including phenoxy) is 1. The van der Waals surface area contributed by atoms with Crippen LogP contribution in [0.25, 0.3) is 0 Å². The van der Waals surface area contributed by atoms with Gasteiger partial charge in [0.1, 0.15) is 17.4 Å². The molecule has 1 aromatic carbocycles. The van der Waals surface area contributed by atoms with Crippen molar-refractivity contribution in [1.82, 2.24) is 0 Å². The van der Waals surface area contributed by atoms with Crippen LogP contribution in [-0.2, 0) is 6.42 Å². The number of halogens is 2. The smallest absolute Gasteiger partial charge is 0.183 e. The van der Waals surface area contributed by atoms with Crippen molar-refractivity contribution in [3.8, 4) is 5.75 Å². The molecule has 0 radical (unpaired) electrons. The summed E-state index contributed by atoms with van der Waals surface area (Å²) in [5.41, 5.74) is 5.17. The SMILES string of the molecule is NCC(=O)c1c(F)cc(F)c2c1OCC2. The van der Waals surface area contributed by atoms with E-state index in [-0.39, 0.29) is 30.0 Å². The summed E-state index contributed by atoms with van der Waals surface area (Å²) in [6.45, 7) is -0.0566. The van der Waals surface area contributed by atoms with Crippen LogP contribution >= 0.6 is 0 Å². The average molecular weight is 213 g/mol. The maximum absolute atomic E-state index is 13.3. The largest absolute Gasteiger partial charge is 0.492 e. The van der Waals surface area contributed by atoms with Crippen molar-refractivity contribution in [3.05, 3.63) is 28.8 Å². The highest BCUT2D eigenvalue weighted by atomic mass is 19.1. The van der Waals surface area contributed by atoms with Crippen molar-refractivity contribution in [2.24, 2.45) is 5.73 Å². The van der Waals surface area contributed by atoms with Crippen molar-refractivity contribution >= 4 is 5.78 Å². The van der Waals surface area contributed by atoms with Gasteiger partial charge in [0.2, 0.25) is 0 Å². The van der Waals surface area contributed by atoms with Crippen molar-refractivity contribution in [3.63, 3.8) is 0 Å². The third-order valence-corrected chi connectivity index (χ3v) is 2.34. The number of Topliss-reactive ketones (excluding diaryl/α,β-unsaturated/α-hetero) is 1. The van der Waals surface area contributed by atoms with Gasteiger partial charge in [0.15, 0.2) is 5.78 Å². The van der Waals surface area contributed by atoms with Gasteiger partial charge in [0.25, 0.3) is 0 Å². The number of rotatable bonds is 2. The number of carbonyl (C=O) groups is 1. The van der Waals surface area contributed by atoms with Gasteiger partial charge in [-0.15, -0.1) is 0 Å². The van der Waals surface area contributed by atoms with Gasteiger partial charge >= 0.3 is 0 Å². The van der Waals surface area contributed by atoms with Crippen LogP contribution in [-0.4, -0.2) is 18.9 Å². The summed E-state index contributed by atoms with van der Waals surface area (Å²) in [5, 5.41) is 0. The minimum Gasteiger partial charge on any atom is -0.492 e. The zero-order valence-electron chi connectivity index (χ0n) is 7.85. The zero-order valence-corrected chi connectivity index (χ0v) is 7.85. The minimum absolute atomic E-state index is 0.0166. The molecule has 0 aliphatic carbocycles. The van der Waals surface area contributed by atoms with Crippen LogP contribution in [0.2, 0.25) is 0 Å². The van der Waals surface area contributed by atoms with Crippen LogP contribution in [0.4, 0.5) is 8.78 Å². The standard InChI is InChI=1S/C10H9F2NO2/c11-6-3-7(12)9(8(14)4-13)10-5(6)1-2-15-10/h3H,1-2,4,13H2. The molecule has 80 valence electrons. The highest BCUT2D eigenvalue weighted by Gasteiger charge is 2.27. The van der Waals surface area contributed by atoms with Gasteiger partial charge < -0.3 is 10.5 Å². The van der Waals surface area contributed by atoms with Gasteiger partial charge in [-0.3, -0.25) is 4.79 Å². The summed E-state index contributed by atoms with van der Waals surface area (Å²) in [7, 11) is 0. The Morgan fingerprint density at radius 3 is 2.87 bits per heavy atom. The number of carbonyl (C=O) groups excluding carboxylic acids is 1. The van der Waals surface area contributed by atoms with Gasteiger partial charge in [0, 0.05) is 18.1 Å². The fraction of sp³-hybridized carbons (Fsp3) is 0.300. The Morgan fingerprint density at radius 1 is 1.47 bits per heavy atom. The van der Waals surface area contributed by atoms with E-state index in [1.54, 1.807) is 0 Å². The predicted molar refractivity (Wildman–Crippen MR) is 48.9 cm³/mol. The molecule has 0 fully saturated rings. The van der Waals surface area contributed by atoms with Crippen LogP contribution in [0.15, 0.2) is 6.07 Å². The van der Waals surface area contributed by atoms with E-state index in [0.717, 1.165) is 0 Å². The number of benzene rings is 1. The minimum atomic E-state index is -0.913. The highest BCUT2D eigenvalue weighted by molar-refractivity contribution is 6.00. The molecule has 0 amide bonds. The molecule has 0 saturated carbocycles. The molecular formula is C10H9F2NO2. The Kier molecular flexibility index (Phi) is 2.40. The molecule has 5 heteroatoms. The van der Waals surface area contributed by atoms with E-state index in [0.29, 0.717) is 12.5 Å². The first-order chi connectivity index (χ1) is 7.15. The van der Waals surface area contributed by atoms with E-state index >= 15 is 0 Å². The van der Waals surface area contributed by atoms with Crippen molar-refractivity contribution < 1.29 is 18.3 Å². The zero-order chi connectivity index (χ0) is 11.0. The fourth-order valence-electron chi connectivity index (χ4n) is 1.65. The van der Waals surface area contributed by atoms with E-state index in [4.69, 9.17) is 10.5 Å². The first kappa shape index (κ1) is 10.0. The summed E-state index contributed by atoms with van der Waals surface area (Å²) in [6, 6.07) is 0.705. The van der Waals surface area contributed by atoms with Crippen molar-refractivity contribution in [2.45, 2.75) is 6.42 Å². The molecule has 2 rings (SSSR count). The molecule has 0 unspecified atom stereocenters. The summed E-state index contributed by atoms with van der Waals surface area (Å²) in [5.74, 6) is -2.15. The lowest BCUT2D eigenvalue weighted by atomic mass is 10.0. The highest BCUT2D eigenvalue weighted by Crippen LogP contribution is 2.33. The van der Waals surface area contributed by atoms with Crippen molar-refractivity contribution in [2.75, 3.05) is 13.2 Å². The number of ketones is 1. The molecule has 1 aromatic rings. The van der Waals surface area contributed by atoms with Gasteiger partial charge in [-0.05, 0) is 0 Å². The third kappa shape index (κ3) is 1.48. The molecule has 3 nitrogen and oxygen atoms in total.